The Morgan fingerprint density at radius 3 is 2.73 bits per heavy atom. The number of fused-ring (bicyclic) bond motifs is 1. The van der Waals surface area contributed by atoms with Crippen molar-refractivity contribution in [2.75, 3.05) is 44.3 Å². The van der Waals surface area contributed by atoms with Gasteiger partial charge in [-0.15, -0.1) is 0 Å². The topological polar surface area (TPSA) is 88.5 Å². The molecule has 30 heavy (non-hydrogen) atoms. The van der Waals surface area contributed by atoms with Crippen molar-refractivity contribution >= 4 is 22.8 Å². The summed E-state index contributed by atoms with van der Waals surface area (Å²) in [5.74, 6) is 0. The maximum atomic E-state index is 12.3. The minimum atomic E-state index is -0.238. The number of amides is 1. The highest BCUT2D eigenvalue weighted by Gasteiger charge is 2.29. The Kier molecular flexibility index (Phi) is 4.82. The Morgan fingerprint density at radius 1 is 1.30 bits per heavy atom. The van der Waals surface area contributed by atoms with E-state index in [0.717, 1.165) is 47.5 Å². The molecule has 0 spiro atoms. The second-order valence-corrected chi connectivity index (χ2v) is 7.81. The molecule has 3 aromatic heterocycles. The molecule has 0 aliphatic carbocycles. The number of nitrogens with one attached hydrogen (secondary N) is 1. The third-order valence-electron chi connectivity index (χ3n) is 5.88. The minimum Gasteiger partial charge on any atom is -0.441 e. The van der Waals surface area contributed by atoms with Crippen molar-refractivity contribution in [2.24, 2.45) is 7.05 Å². The number of ether oxygens (including phenoxy) is 2. The van der Waals surface area contributed by atoms with Crippen LogP contribution in [-0.4, -0.2) is 76.2 Å². The lowest BCUT2D eigenvalue weighted by atomic mass is 10.0. The van der Waals surface area contributed by atoms with Crippen molar-refractivity contribution in [3.63, 3.8) is 0 Å². The highest BCUT2D eigenvalue weighted by Crippen LogP contribution is 2.36. The van der Waals surface area contributed by atoms with E-state index in [1.807, 2.05) is 30.3 Å². The van der Waals surface area contributed by atoms with Crippen molar-refractivity contribution in [3.8, 4) is 11.3 Å². The number of H-pyrrole nitrogens is 1. The summed E-state index contributed by atoms with van der Waals surface area (Å²) in [5, 5.41) is 5.47. The number of rotatable bonds is 4. The van der Waals surface area contributed by atoms with Crippen molar-refractivity contribution < 1.29 is 14.3 Å². The lowest BCUT2D eigenvalue weighted by molar-refractivity contribution is -0.104. The van der Waals surface area contributed by atoms with E-state index >= 15 is 0 Å². The maximum absolute atomic E-state index is 12.3. The van der Waals surface area contributed by atoms with Gasteiger partial charge in [-0.05, 0) is 18.1 Å². The molecule has 0 atom stereocenters. The first-order valence-electron chi connectivity index (χ1n) is 10.4. The number of hydrogen-bond donors (Lipinski definition) is 1. The van der Waals surface area contributed by atoms with Crippen LogP contribution in [0.25, 0.3) is 22.3 Å². The molecule has 0 radical (unpaired) electrons. The Bertz CT molecular complexity index is 1060. The molecule has 2 saturated heterocycles. The first-order chi connectivity index (χ1) is 14.6. The number of aromatic amines is 1. The molecule has 2 aliphatic heterocycles. The second-order valence-electron chi connectivity index (χ2n) is 7.81. The average Bonchev–Trinajstić information content (AvgIpc) is 3.33. The van der Waals surface area contributed by atoms with Crippen LogP contribution in [0.3, 0.4) is 0 Å². The third-order valence-corrected chi connectivity index (χ3v) is 5.88. The zero-order valence-electron chi connectivity index (χ0n) is 17.3. The van der Waals surface area contributed by atoms with E-state index in [2.05, 4.69) is 33.0 Å². The van der Waals surface area contributed by atoms with Crippen LogP contribution in [0.4, 0.5) is 10.5 Å². The molecule has 0 saturated carbocycles. The van der Waals surface area contributed by atoms with Crippen molar-refractivity contribution in [2.45, 2.75) is 19.4 Å². The number of aromatic nitrogens is 4. The molecule has 0 bridgehead atoms. The summed E-state index contributed by atoms with van der Waals surface area (Å²) in [6.07, 6.45) is 6.30. The van der Waals surface area contributed by atoms with Crippen molar-refractivity contribution in [1.29, 1.82) is 0 Å². The van der Waals surface area contributed by atoms with Crippen LogP contribution < -0.4 is 4.90 Å². The van der Waals surface area contributed by atoms with Crippen molar-refractivity contribution in [3.05, 3.63) is 30.2 Å². The molecule has 2 aliphatic rings. The number of nitrogens with zero attached hydrogens (tertiary/aromatic N) is 5. The van der Waals surface area contributed by atoms with Gasteiger partial charge in [0.1, 0.15) is 5.65 Å². The molecule has 5 rings (SSSR count). The molecule has 2 fully saturated rings. The number of carbonyl (C=O) groups is 1. The molecule has 0 aromatic carbocycles. The average molecular weight is 410 g/mol. The van der Waals surface area contributed by atoms with Crippen LogP contribution in [0.1, 0.15) is 12.5 Å². The summed E-state index contributed by atoms with van der Waals surface area (Å²) in [6, 6.07) is 2.07. The Hall–Kier alpha value is -3.07. The quantitative estimate of drug-likeness (QED) is 0.709. The number of aryl methyl sites for hydroxylation is 2. The van der Waals surface area contributed by atoms with Crippen LogP contribution in [0, 0.1) is 0 Å². The largest absolute Gasteiger partial charge is 0.441 e. The van der Waals surface area contributed by atoms with Gasteiger partial charge in [0.15, 0.2) is 6.10 Å². The Morgan fingerprint density at radius 2 is 2.10 bits per heavy atom. The van der Waals surface area contributed by atoms with Crippen LogP contribution in [-0.2, 0) is 22.9 Å². The molecule has 5 heterocycles. The third kappa shape index (κ3) is 3.28. The molecule has 1 amide bonds. The van der Waals surface area contributed by atoms with Gasteiger partial charge in [0, 0.05) is 62.3 Å². The summed E-state index contributed by atoms with van der Waals surface area (Å²) in [7, 11) is 1.92. The zero-order valence-corrected chi connectivity index (χ0v) is 17.3. The van der Waals surface area contributed by atoms with E-state index in [4.69, 9.17) is 9.47 Å². The predicted molar refractivity (Wildman–Crippen MR) is 113 cm³/mol. The number of pyridine rings is 1. The lowest BCUT2D eigenvalue weighted by Crippen LogP contribution is -2.51. The van der Waals surface area contributed by atoms with Gasteiger partial charge in [-0.1, -0.05) is 6.92 Å². The highest BCUT2D eigenvalue weighted by atomic mass is 16.6. The standard InChI is InChI=1S/C21H26N6O3/c1-3-16-18-17(4-5-22-20(18)24-19(16)14-10-23-25(2)11-14)26-6-8-27(9-7-26)21(28)30-15-12-29-13-15/h4-5,10-11,15H,3,6-9,12-13H2,1-2H3,(H,22,24). The van der Waals surface area contributed by atoms with E-state index in [0.29, 0.717) is 26.3 Å². The fraction of sp³-hybridized carbons (Fsp3) is 0.476. The number of hydrogen-bond acceptors (Lipinski definition) is 6. The van der Waals surface area contributed by atoms with Gasteiger partial charge in [0.25, 0.3) is 0 Å². The van der Waals surface area contributed by atoms with Gasteiger partial charge in [-0.2, -0.15) is 5.10 Å². The van der Waals surface area contributed by atoms with Gasteiger partial charge < -0.3 is 24.3 Å². The molecule has 0 unspecified atom stereocenters. The number of piperazine rings is 1. The summed E-state index contributed by atoms with van der Waals surface area (Å²) < 4.78 is 12.3. The first kappa shape index (κ1) is 18.9. The van der Waals surface area contributed by atoms with E-state index in [9.17, 15) is 4.79 Å². The smallest absolute Gasteiger partial charge is 0.410 e. The van der Waals surface area contributed by atoms with Crippen LogP contribution in [0.2, 0.25) is 0 Å². The SMILES string of the molecule is CCc1c(-c2cnn(C)c2)[nH]c2nccc(N3CCN(C(=O)OC4COC4)CC3)c12. The van der Waals surface area contributed by atoms with E-state index in [-0.39, 0.29) is 12.2 Å². The van der Waals surface area contributed by atoms with Gasteiger partial charge >= 0.3 is 6.09 Å². The molecule has 9 heteroatoms. The molecule has 9 nitrogen and oxygen atoms in total. The summed E-state index contributed by atoms with van der Waals surface area (Å²) >= 11 is 0. The molecule has 3 aromatic rings. The fourth-order valence-electron chi connectivity index (χ4n) is 4.21. The van der Waals surface area contributed by atoms with Gasteiger partial charge in [-0.3, -0.25) is 4.68 Å². The predicted octanol–water partition coefficient (Wildman–Crippen LogP) is 2.18. The Balaban J connectivity index is 1.39. The van der Waals surface area contributed by atoms with E-state index in [1.54, 1.807) is 4.90 Å². The fourth-order valence-corrected chi connectivity index (χ4v) is 4.21. The minimum absolute atomic E-state index is 0.0896. The summed E-state index contributed by atoms with van der Waals surface area (Å²) in [5.41, 5.74) is 5.42. The molecular formula is C21H26N6O3. The van der Waals surface area contributed by atoms with Crippen molar-refractivity contribution in [1.82, 2.24) is 24.6 Å². The first-order valence-corrected chi connectivity index (χ1v) is 10.4. The number of anilines is 1. The van der Waals surface area contributed by atoms with Gasteiger partial charge in [-0.25, -0.2) is 9.78 Å². The Labute approximate surface area is 174 Å². The number of carbonyl (C=O) groups excluding carboxylic acids is 1. The van der Waals surface area contributed by atoms with Gasteiger partial charge in [0.2, 0.25) is 0 Å². The summed E-state index contributed by atoms with van der Waals surface area (Å²) in [6.45, 7) is 5.96. The zero-order chi connectivity index (χ0) is 20.7. The lowest BCUT2D eigenvalue weighted by Gasteiger charge is -2.37. The molecule has 158 valence electrons. The van der Waals surface area contributed by atoms with E-state index in [1.165, 1.54) is 5.56 Å². The summed E-state index contributed by atoms with van der Waals surface area (Å²) in [4.78, 5) is 24.5. The highest BCUT2D eigenvalue weighted by molar-refractivity contribution is 5.98. The maximum Gasteiger partial charge on any atom is 0.410 e. The normalized spacial score (nSPS) is 17.4. The second kappa shape index (κ2) is 7.64. The molecule has 1 N–H and O–H groups in total. The monoisotopic (exact) mass is 410 g/mol. The van der Waals surface area contributed by atoms with E-state index < -0.39 is 0 Å². The van der Waals surface area contributed by atoms with Crippen LogP contribution in [0.15, 0.2) is 24.7 Å². The van der Waals surface area contributed by atoms with Crippen LogP contribution in [0.5, 0.6) is 0 Å². The van der Waals surface area contributed by atoms with Gasteiger partial charge in [0.05, 0.1) is 25.1 Å². The van der Waals surface area contributed by atoms with Crippen LogP contribution >= 0.6 is 0 Å². The molecular weight excluding hydrogens is 384 g/mol.